The number of aliphatic hydroxyl groups is 1. The third kappa shape index (κ3) is 5.52. The summed E-state index contributed by atoms with van der Waals surface area (Å²) in [6.07, 6.45) is 2.58. The van der Waals surface area contributed by atoms with Crippen molar-refractivity contribution in [2.75, 3.05) is 33.9 Å². The molecule has 0 fully saturated rings. The van der Waals surface area contributed by atoms with Crippen LogP contribution in [0.2, 0.25) is 0 Å². The van der Waals surface area contributed by atoms with E-state index in [1.165, 1.54) is 16.6 Å². The number of methoxy groups -OCH3 is 1. The zero-order valence-corrected chi connectivity index (χ0v) is 22.8. The number of para-hydroxylation sites is 1. The van der Waals surface area contributed by atoms with Crippen molar-refractivity contribution < 1.29 is 27.8 Å². The minimum atomic E-state index is -3.98. The van der Waals surface area contributed by atoms with E-state index in [0.717, 1.165) is 11.1 Å². The van der Waals surface area contributed by atoms with E-state index >= 15 is 0 Å². The summed E-state index contributed by atoms with van der Waals surface area (Å²) in [5.41, 5.74) is 1.96. The van der Waals surface area contributed by atoms with Crippen LogP contribution in [0.5, 0.6) is 11.5 Å². The van der Waals surface area contributed by atoms with Gasteiger partial charge in [-0.2, -0.15) is 4.31 Å². The summed E-state index contributed by atoms with van der Waals surface area (Å²) in [7, 11) is -0.725. The van der Waals surface area contributed by atoms with Gasteiger partial charge in [0, 0.05) is 43.5 Å². The quantitative estimate of drug-likeness (QED) is 0.491. The van der Waals surface area contributed by atoms with Gasteiger partial charge in [0.1, 0.15) is 22.5 Å². The maximum absolute atomic E-state index is 13.8. The number of rotatable bonds is 7. The minimum absolute atomic E-state index is 0.00888. The van der Waals surface area contributed by atoms with E-state index in [-0.39, 0.29) is 42.2 Å². The van der Waals surface area contributed by atoms with Gasteiger partial charge in [-0.15, -0.1) is 0 Å². The first-order chi connectivity index (χ1) is 18.2. The van der Waals surface area contributed by atoms with Crippen molar-refractivity contribution in [2.24, 2.45) is 5.92 Å². The second-order valence-electron chi connectivity index (χ2n) is 9.53. The number of sulfonamides is 1. The molecule has 3 atom stereocenters. The van der Waals surface area contributed by atoms with Crippen LogP contribution >= 0.6 is 0 Å². The maximum atomic E-state index is 13.8. The summed E-state index contributed by atoms with van der Waals surface area (Å²) in [5, 5.41) is 9.87. The standard InChI is InChI=1S/C28H33N3O6S/c1-19-16-31(20(2)18-32)38(34,35)27-12-11-21(23-9-5-6-10-24(23)36-4)14-25(27)37-26(19)17-30(3)28(33)22-8-7-13-29-15-22/h5-15,19-20,26,32H,16-18H2,1-4H3/t19-,20+,26-/m0/s1. The van der Waals surface area contributed by atoms with E-state index in [1.807, 2.05) is 31.2 Å². The molecule has 2 aromatic carbocycles. The predicted molar refractivity (Wildman–Crippen MR) is 144 cm³/mol. The summed E-state index contributed by atoms with van der Waals surface area (Å²) in [4.78, 5) is 18.6. The lowest BCUT2D eigenvalue weighted by molar-refractivity contribution is 0.0563. The molecular weight excluding hydrogens is 506 g/mol. The van der Waals surface area contributed by atoms with Crippen molar-refractivity contribution in [3.63, 3.8) is 0 Å². The molecule has 4 rings (SSSR count). The Balaban J connectivity index is 1.77. The monoisotopic (exact) mass is 539 g/mol. The van der Waals surface area contributed by atoms with Gasteiger partial charge in [-0.25, -0.2) is 8.42 Å². The van der Waals surface area contributed by atoms with E-state index < -0.39 is 22.2 Å². The molecule has 0 bridgehead atoms. The molecule has 202 valence electrons. The van der Waals surface area contributed by atoms with Crippen molar-refractivity contribution in [1.82, 2.24) is 14.2 Å². The van der Waals surface area contributed by atoms with E-state index in [0.29, 0.717) is 11.3 Å². The molecule has 10 heteroatoms. The Kier molecular flexibility index (Phi) is 8.35. The van der Waals surface area contributed by atoms with Crippen LogP contribution in [-0.4, -0.2) is 79.6 Å². The Morgan fingerprint density at radius 2 is 2.00 bits per heavy atom. The third-order valence-electron chi connectivity index (χ3n) is 6.79. The zero-order valence-electron chi connectivity index (χ0n) is 21.9. The Morgan fingerprint density at radius 1 is 1.24 bits per heavy atom. The number of likely N-dealkylation sites (N-methyl/N-ethyl adjacent to an activating group) is 1. The first-order valence-electron chi connectivity index (χ1n) is 12.4. The van der Waals surface area contributed by atoms with E-state index in [2.05, 4.69) is 4.98 Å². The highest BCUT2D eigenvalue weighted by Gasteiger charge is 2.38. The van der Waals surface area contributed by atoms with Gasteiger partial charge < -0.3 is 19.5 Å². The fraction of sp³-hybridized carbons (Fsp3) is 0.357. The molecule has 1 aromatic heterocycles. The molecule has 1 amide bonds. The van der Waals surface area contributed by atoms with Gasteiger partial charge in [-0.1, -0.05) is 31.2 Å². The largest absolute Gasteiger partial charge is 0.496 e. The molecule has 1 aliphatic rings. The Bertz CT molecular complexity index is 1380. The fourth-order valence-electron chi connectivity index (χ4n) is 4.56. The number of carbonyl (C=O) groups is 1. The van der Waals surface area contributed by atoms with E-state index in [9.17, 15) is 18.3 Å². The summed E-state index contributed by atoms with van der Waals surface area (Å²) in [6.45, 7) is 3.56. The molecule has 2 heterocycles. The van der Waals surface area contributed by atoms with Crippen LogP contribution < -0.4 is 9.47 Å². The number of aliphatic hydroxyl groups excluding tert-OH is 1. The fourth-order valence-corrected chi connectivity index (χ4v) is 6.38. The summed E-state index contributed by atoms with van der Waals surface area (Å²) >= 11 is 0. The lowest BCUT2D eigenvalue weighted by atomic mass is 10.0. The Morgan fingerprint density at radius 3 is 2.68 bits per heavy atom. The molecule has 0 saturated carbocycles. The van der Waals surface area contributed by atoms with Gasteiger partial charge in [0.2, 0.25) is 10.0 Å². The van der Waals surface area contributed by atoms with Gasteiger partial charge >= 0.3 is 0 Å². The number of hydrogen-bond acceptors (Lipinski definition) is 7. The number of hydrogen-bond donors (Lipinski definition) is 1. The highest BCUT2D eigenvalue weighted by molar-refractivity contribution is 7.89. The number of ether oxygens (including phenoxy) is 2. The van der Waals surface area contributed by atoms with Crippen molar-refractivity contribution >= 4 is 15.9 Å². The normalized spacial score (nSPS) is 19.8. The Labute approximate surface area is 223 Å². The van der Waals surface area contributed by atoms with Gasteiger partial charge in [0.05, 0.1) is 25.8 Å². The molecule has 0 saturated heterocycles. The first-order valence-corrected chi connectivity index (χ1v) is 13.8. The third-order valence-corrected chi connectivity index (χ3v) is 8.81. The first kappa shape index (κ1) is 27.6. The highest BCUT2D eigenvalue weighted by Crippen LogP contribution is 2.38. The number of fused-ring (bicyclic) bond motifs is 1. The second-order valence-corrected chi connectivity index (χ2v) is 11.4. The average Bonchev–Trinajstić information content (AvgIpc) is 2.94. The zero-order chi connectivity index (χ0) is 27.4. The van der Waals surface area contributed by atoms with Crippen molar-refractivity contribution in [3.05, 3.63) is 72.6 Å². The van der Waals surface area contributed by atoms with Crippen molar-refractivity contribution in [1.29, 1.82) is 0 Å². The Hall–Kier alpha value is -3.47. The van der Waals surface area contributed by atoms with Crippen LogP contribution in [0.3, 0.4) is 0 Å². The van der Waals surface area contributed by atoms with E-state index in [4.69, 9.17) is 9.47 Å². The smallest absolute Gasteiger partial charge is 0.255 e. The van der Waals surface area contributed by atoms with E-state index in [1.54, 1.807) is 56.4 Å². The van der Waals surface area contributed by atoms with Gasteiger partial charge in [-0.3, -0.25) is 9.78 Å². The van der Waals surface area contributed by atoms with Crippen LogP contribution in [0.15, 0.2) is 71.9 Å². The molecule has 38 heavy (non-hydrogen) atoms. The van der Waals surface area contributed by atoms with Gasteiger partial charge in [0.15, 0.2) is 0 Å². The number of pyridine rings is 1. The van der Waals surface area contributed by atoms with Gasteiger partial charge in [0.25, 0.3) is 5.91 Å². The molecule has 3 aromatic rings. The topological polar surface area (TPSA) is 109 Å². The van der Waals surface area contributed by atoms with Gasteiger partial charge in [-0.05, 0) is 42.8 Å². The number of amides is 1. The lowest BCUT2D eigenvalue weighted by Crippen LogP contribution is -2.50. The number of nitrogens with zero attached hydrogens (tertiary/aromatic N) is 3. The second kappa shape index (κ2) is 11.5. The molecule has 0 unspecified atom stereocenters. The highest BCUT2D eigenvalue weighted by atomic mass is 32.2. The molecule has 1 N–H and O–H groups in total. The average molecular weight is 540 g/mol. The van der Waals surface area contributed by atoms with Crippen LogP contribution in [0.1, 0.15) is 24.2 Å². The van der Waals surface area contributed by atoms with Crippen LogP contribution in [-0.2, 0) is 10.0 Å². The van der Waals surface area contributed by atoms with Crippen molar-refractivity contribution in [3.8, 4) is 22.6 Å². The lowest BCUT2D eigenvalue weighted by Gasteiger charge is -2.37. The SMILES string of the molecule is COc1ccccc1-c1ccc2c(c1)O[C@@H](CN(C)C(=O)c1cccnc1)[C@@H](C)CN([C@H](C)CO)S2(=O)=O. The molecule has 0 radical (unpaired) electrons. The van der Waals surface area contributed by atoms with Crippen molar-refractivity contribution in [2.45, 2.75) is 30.9 Å². The predicted octanol–water partition coefficient (Wildman–Crippen LogP) is 3.30. The number of carbonyl (C=O) groups excluding carboxylic acids is 1. The number of benzene rings is 2. The van der Waals surface area contributed by atoms with Crippen LogP contribution in [0.25, 0.3) is 11.1 Å². The maximum Gasteiger partial charge on any atom is 0.255 e. The van der Waals surface area contributed by atoms with Crippen LogP contribution in [0, 0.1) is 5.92 Å². The number of aromatic nitrogens is 1. The summed E-state index contributed by atoms with van der Waals surface area (Å²) in [5.74, 6) is 0.309. The minimum Gasteiger partial charge on any atom is -0.496 e. The molecule has 1 aliphatic heterocycles. The molecular formula is C28H33N3O6S. The molecule has 0 spiro atoms. The summed E-state index contributed by atoms with van der Waals surface area (Å²) in [6, 6.07) is 15.2. The van der Waals surface area contributed by atoms with Crippen LogP contribution in [0.4, 0.5) is 0 Å². The molecule has 0 aliphatic carbocycles. The summed E-state index contributed by atoms with van der Waals surface area (Å²) < 4.78 is 40.8. The molecule has 9 nitrogen and oxygen atoms in total.